The van der Waals surface area contributed by atoms with Gasteiger partial charge in [0, 0.05) is 11.8 Å². The number of nitrogens with zero attached hydrogens (tertiary/aromatic N) is 2. The highest BCUT2D eigenvalue weighted by Crippen LogP contribution is 2.19. The number of hydrogen-bond donors (Lipinski definition) is 0. The Morgan fingerprint density at radius 2 is 1.88 bits per heavy atom. The van der Waals surface area contributed by atoms with Gasteiger partial charge >= 0.3 is 0 Å². The van der Waals surface area contributed by atoms with Gasteiger partial charge in [0.1, 0.15) is 5.65 Å². The van der Waals surface area contributed by atoms with E-state index < -0.39 is 0 Å². The summed E-state index contributed by atoms with van der Waals surface area (Å²) in [5.74, 6) is 0. The molecule has 0 saturated heterocycles. The van der Waals surface area contributed by atoms with Gasteiger partial charge in [-0.2, -0.15) is 0 Å². The summed E-state index contributed by atoms with van der Waals surface area (Å²) in [6, 6.07) is 13.7. The normalized spacial score (nSPS) is 10.8. The summed E-state index contributed by atoms with van der Waals surface area (Å²) in [7, 11) is 0. The first-order chi connectivity index (χ1) is 7.83. The van der Waals surface area contributed by atoms with Crippen molar-refractivity contribution in [1.82, 2.24) is 9.38 Å². The molecule has 1 radical (unpaired) electrons. The van der Waals surface area contributed by atoms with E-state index >= 15 is 0 Å². The predicted octanol–water partition coefficient (Wildman–Crippen LogP) is 3.45. The van der Waals surface area contributed by atoms with Crippen molar-refractivity contribution < 1.29 is 0 Å². The van der Waals surface area contributed by atoms with Crippen LogP contribution < -0.4 is 0 Å². The maximum atomic E-state index is 5.91. The van der Waals surface area contributed by atoms with Gasteiger partial charge in [0.25, 0.3) is 0 Å². The Labute approximate surface area is 98.1 Å². The van der Waals surface area contributed by atoms with Gasteiger partial charge in [-0.1, -0.05) is 41.9 Å². The van der Waals surface area contributed by atoms with Gasteiger partial charge in [-0.25, -0.2) is 4.98 Å². The van der Waals surface area contributed by atoms with Gasteiger partial charge in [-0.05, 0) is 12.1 Å². The molecule has 0 fully saturated rings. The number of aromatic nitrogens is 2. The molecule has 0 spiro atoms. The molecule has 0 N–H and O–H groups in total. The van der Waals surface area contributed by atoms with E-state index in [1.807, 2.05) is 46.9 Å². The van der Waals surface area contributed by atoms with Gasteiger partial charge in [0.05, 0.1) is 16.9 Å². The second-order valence-corrected chi connectivity index (χ2v) is 3.95. The van der Waals surface area contributed by atoms with Crippen molar-refractivity contribution in [1.29, 1.82) is 0 Å². The van der Waals surface area contributed by atoms with E-state index in [4.69, 9.17) is 11.6 Å². The van der Waals surface area contributed by atoms with E-state index in [0.29, 0.717) is 5.02 Å². The molecule has 0 saturated carbocycles. The average Bonchev–Trinajstić information content (AvgIpc) is 2.73. The highest BCUT2D eigenvalue weighted by Gasteiger charge is 2.04. The van der Waals surface area contributed by atoms with Crippen LogP contribution in [0.4, 0.5) is 0 Å². The first-order valence-electron chi connectivity index (χ1n) is 4.95. The Morgan fingerprint density at radius 1 is 1.06 bits per heavy atom. The zero-order valence-corrected chi connectivity index (χ0v) is 9.15. The maximum absolute atomic E-state index is 5.91. The van der Waals surface area contributed by atoms with Gasteiger partial charge in [-0.15, -0.1) is 0 Å². The second kappa shape index (κ2) is 3.65. The molecular weight excluding hydrogens is 220 g/mol. The van der Waals surface area contributed by atoms with Crippen LogP contribution in [0, 0.1) is 6.20 Å². The van der Waals surface area contributed by atoms with Crippen LogP contribution in [0.5, 0.6) is 0 Å². The fourth-order valence-corrected chi connectivity index (χ4v) is 1.79. The maximum Gasteiger partial charge on any atom is 0.138 e. The van der Waals surface area contributed by atoms with Crippen LogP contribution in [-0.4, -0.2) is 9.38 Å². The molecule has 16 heavy (non-hydrogen) atoms. The van der Waals surface area contributed by atoms with Crippen LogP contribution in [-0.2, 0) is 0 Å². The first-order valence-corrected chi connectivity index (χ1v) is 5.33. The molecule has 0 amide bonds. The van der Waals surface area contributed by atoms with E-state index in [1.165, 1.54) is 0 Å². The number of fused-ring (bicyclic) bond motifs is 1. The van der Waals surface area contributed by atoms with E-state index in [2.05, 4.69) is 11.2 Å². The molecule has 2 heterocycles. The Kier molecular flexibility index (Phi) is 2.15. The predicted molar refractivity (Wildman–Crippen MR) is 64.5 cm³/mol. The van der Waals surface area contributed by atoms with Crippen LogP contribution in [0.3, 0.4) is 0 Å². The number of rotatable bonds is 1. The highest BCUT2D eigenvalue weighted by atomic mass is 35.5. The molecule has 0 aliphatic rings. The zero-order valence-electron chi connectivity index (χ0n) is 8.39. The van der Waals surface area contributed by atoms with Crippen molar-refractivity contribution in [2.24, 2.45) is 0 Å². The smallest absolute Gasteiger partial charge is 0.138 e. The lowest BCUT2D eigenvalue weighted by molar-refractivity contribution is 1.18. The topological polar surface area (TPSA) is 17.3 Å². The molecule has 3 heteroatoms. The summed E-state index contributed by atoms with van der Waals surface area (Å²) >= 11 is 5.91. The Hall–Kier alpha value is -1.80. The monoisotopic (exact) mass is 227 g/mol. The van der Waals surface area contributed by atoms with Gasteiger partial charge in [0.15, 0.2) is 0 Å². The zero-order chi connectivity index (χ0) is 11.0. The molecule has 77 valence electrons. The number of benzene rings is 1. The minimum atomic E-state index is 0.681. The second-order valence-electron chi connectivity index (χ2n) is 3.51. The van der Waals surface area contributed by atoms with Gasteiger partial charge in [0.2, 0.25) is 0 Å². The molecule has 0 bridgehead atoms. The third kappa shape index (κ3) is 1.57. The Balaban J connectivity index is 2.19. The van der Waals surface area contributed by atoms with Gasteiger partial charge in [-0.3, -0.25) is 4.40 Å². The minimum Gasteiger partial charge on any atom is -0.296 e. The first kappa shape index (κ1) is 9.43. The summed E-state index contributed by atoms with van der Waals surface area (Å²) < 4.78 is 1.81. The van der Waals surface area contributed by atoms with Crippen LogP contribution in [0.25, 0.3) is 16.9 Å². The molecule has 0 aliphatic heterocycles. The lowest BCUT2D eigenvalue weighted by Crippen LogP contribution is -1.80. The van der Waals surface area contributed by atoms with Crippen molar-refractivity contribution in [2.75, 3.05) is 0 Å². The quantitative estimate of drug-likeness (QED) is 0.622. The largest absolute Gasteiger partial charge is 0.296 e. The van der Waals surface area contributed by atoms with E-state index in [0.717, 1.165) is 16.9 Å². The minimum absolute atomic E-state index is 0.681. The van der Waals surface area contributed by atoms with E-state index in [9.17, 15) is 0 Å². The van der Waals surface area contributed by atoms with Crippen molar-refractivity contribution >= 4 is 17.2 Å². The van der Waals surface area contributed by atoms with Crippen LogP contribution in [0.15, 0.2) is 48.7 Å². The molecular formula is C13H8ClN2. The highest BCUT2D eigenvalue weighted by molar-refractivity contribution is 6.30. The van der Waals surface area contributed by atoms with Crippen molar-refractivity contribution in [2.45, 2.75) is 0 Å². The van der Waals surface area contributed by atoms with Crippen molar-refractivity contribution in [3.63, 3.8) is 0 Å². The Morgan fingerprint density at radius 3 is 2.69 bits per heavy atom. The number of pyridine rings is 1. The van der Waals surface area contributed by atoms with E-state index in [-0.39, 0.29) is 0 Å². The summed E-state index contributed by atoms with van der Waals surface area (Å²) in [6.07, 6.45) is 4.98. The lowest BCUT2D eigenvalue weighted by atomic mass is 10.2. The fraction of sp³-hybridized carbons (Fsp3) is 0. The standard InChI is InChI=1S/C13H8ClN2/c14-11-6-7-13-15-12(9-16(13)8-11)10-4-2-1-3-5-10/h1-8H. The molecule has 1 aromatic carbocycles. The lowest BCUT2D eigenvalue weighted by Gasteiger charge is -1.91. The van der Waals surface area contributed by atoms with Crippen LogP contribution in [0.1, 0.15) is 0 Å². The summed E-state index contributed by atoms with van der Waals surface area (Å²) in [5, 5.41) is 0.681. The molecule has 2 aromatic heterocycles. The SMILES string of the molecule is Clc1ccc2nc(-c3ccccc3)[c]n2c1. The molecule has 2 nitrogen and oxygen atoms in total. The average molecular weight is 228 g/mol. The van der Waals surface area contributed by atoms with Gasteiger partial charge < -0.3 is 0 Å². The molecule has 3 rings (SSSR count). The number of imidazole rings is 1. The third-order valence-corrected chi connectivity index (χ3v) is 2.61. The summed E-state index contributed by atoms with van der Waals surface area (Å²) in [6.45, 7) is 0. The van der Waals surface area contributed by atoms with Crippen molar-refractivity contribution in [3.8, 4) is 11.3 Å². The van der Waals surface area contributed by atoms with E-state index in [1.54, 1.807) is 6.20 Å². The number of hydrogen-bond acceptors (Lipinski definition) is 1. The Bertz CT molecular complexity index is 629. The summed E-state index contributed by atoms with van der Waals surface area (Å²) in [4.78, 5) is 4.47. The van der Waals surface area contributed by atoms with Crippen molar-refractivity contribution in [3.05, 3.63) is 59.9 Å². The fourth-order valence-electron chi connectivity index (χ4n) is 1.63. The molecule has 0 atom stereocenters. The van der Waals surface area contributed by atoms with Crippen LogP contribution >= 0.6 is 11.6 Å². The summed E-state index contributed by atoms with van der Waals surface area (Å²) in [5.41, 5.74) is 2.74. The molecule has 0 aliphatic carbocycles. The number of halogens is 1. The third-order valence-electron chi connectivity index (χ3n) is 2.39. The molecule has 3 aromatic rings. The van der Waals surface area contributed by atoms with Crippen LogP contribution in [0.2, 0.25) is 5.02 Å². The molecule has 0 unspecified atom stereocenters.